The van der Waals surface area contributed by atoms with Crippen LogP contribution in [-0.4, -0.2) is 32.5 Å². The van der Waals surface area contributed by atoms with Crippen LogP contribution >= 0.6 is 0 Å². The Morgan fingerprint density at radius 3 is 2.19 bits per heavy atom. The molecule has 1 heterocycles. The third-order valence-electron chi connectivity index (χ3n) is 4.10. The lowest BCUT2D eigenvalue weighted by Gasteiger charge is -2.17. The molecule has 7 heteroatoms. The number of para-hydroxylation sites is 1. The van der Waals surface area contributed by atoms with E-state index < -0.39 is 10.0 Å². The van der Waals surface area contributed by atoms with Crippen molar-refractivity contribution in [2.75, 3.05) is 23.7 Å². The second-order valence-electron chi connectivity index (χ2n) is 6.62. The van der Waals surface area contributed by atoms with Crippen LogP contribution in [0.25, 0.3) is 10.9 Å². The Balaban J connectivity index is 2.17. The van der Waals surface area contributed by atoms with E-state index >= 15 is 0 Å². The number of nitrogens with one attached hydrogen (secondary N) is 1. The summed E-state index contributed by atoms with van der Waals surface area (Å²) in [5.74, 6) is 0.720. The van der Waals surface area contributed by atoms with E-state index in [0.29, 0.717) is 28.0 Å². The highest BCUT2D eigenvalue weighted by Gasteiger charge is 2.22. The molecular formula is C19H22N4O2S. The Morgan fingerprint density at radius 1 is 0.962 bits per heavy atom. The molecule has 136 valence electrons. The van der Waals surface area contributed by atoms with Crippen molar-refractivity contribution in [3.05, 3.63) is 53.1 Å². The number of aryl methyl sites for hydroxylation is 3. The van der Waals surface area contributed by atoms with E-state index in [0.717, 1.165) is 5.56 Å². The number of hydrogen-bond donors (Lipinski definition) is 1. The molecule has 26 heavy (non-hydrogen) atoms. The molecule has 0 atom stereocenters. The molecule has 2 aromatic carbocycles. The second kappa shape index (κ2) is 6.57. The average molecular weight is 370 g/mol. The highest BCUT2D eigenvalue weighted by molar-refractivity contribution is 7.92. The van der Waals surface area contributed by atoms with Crippen LogP contribution in [0.15, 0.2) is 41.3 Å². The number of rotatable bonds is 4. The highest BCUT2D eigenvalue weighted by Crippen LogP contribution is 2.28. The van der Waals surface area contributed by atoms with E-state index in [4.69, 9.17) is 0 Å². The van der Waals surface area contributed by atoms with Gasteiger partial charge in [0.1, 0.15) is 0 Å². The van der Waals surface area contributed by atoms with Gasteiger partial charge in [-0.1, -0.05) is 29.8 Å². The quantitative estimate of drug-likeness (QED) is 0.762. The molecule has 0 saturated carbocycles. The number of hydrogen-bond acceptors (Lipinski definition) is 5. The predicted octanol–water partition coefficient (Wildman–Crippen LogP) is 3.42. The first-order chi connectivity index (χ1) is 12.2. The van der Waals surface area contributed by atoms with Crippen molar-refractivity contribution in [1.82, 2.24) is 9.97 Å². The summed E-state index contributed by atoms with van der Waals surface area (Å²) in [4.78, 5) is 10.9. The fourth-order valence-electron chi connectivity index (χ4n) is 3.11. The number of aromatic nitrogens is 2. The zero-order chi connectivity index (χ0) is 19.1. The van der Waals surface area contributed by atoms with Crippen LogP contribution in [0.2, 0.25) is 0 Å². The van der Waals surface area contributed by atoms with Crippen LogP contribution in [0.1, 0.15) is 16.7 Å². The van der Waals surface area contributed by atoms with Crippen molar-refractivity contribution in [2.45, 2.75) is 25.7 Å². The number of nitrogens with zero attached hydrogens (tertiary/aromatic N) is 3. The molecule has 0 aliphatic heterocycles. The summed E-state index contributed by atoms with van der Waals surface area (Å²) >= 11 is 0. The van der Waals surface area contributed by atoms with Gasteiger partial charge in [-0.3, -0.25) is 4.72 Å². The van der Waals surface area contributed by atoms with Gasteiger partial charge in [0.25, 0.3) is 10.0 Å². The fourth-order valence-corrected chi connectivity index (χ4v) is 4.59. The van der Waals surface area contributed by atoms with Gasteiger partial charge in [0.2, 0.25) is 5.95 Å². The Labute approximate surface area is 154 Å². The third-order valence-corrected chi connectivity index (χ3v) is 5.74. The zero-order valence-electron chi connectivity index (χ0n) is 15.5. The molecule has 0 amide bonds. The highest BCUT2D eigenvalue weighted by atomic mass is 32.2. The molecule has 0 fully saturated rings. The van der Waals surface area contributed by atoms with E-state index in [1.165, 1.54) is 0 Å². The average Bonchev–Trinajstić information content (AvgIpc) is 2.52. The van der Waals surface area contributed by atoms with E-state index in [9.17, 15) is 8.42 Å². The van der Waals surface area contributed by atoms with E-state index in [1.54, 1.807) is 18.7 Å². The van der Waals surface area contributed by atoms with Crippen LogP contribution in [0.5, 0.6) is 0 Å². The number of fused-ring (bicyclic) bond motifs is 1. The molecule has 3 aromatic rings. The largest absolute Gasteiger partial charge is 0.347 e. The van der Waals surface area contributed by atoms with Crippen LogP contribution in [-0.2, 0) is 10.0 Å². The van der Waals surface area contributed by atoms with Crippen molar-refractivity contribution in [3.63, 3.8) is 0 Å². The van der Waals surface area contributed by atoms with Gasteiger partial charge in [0, 0.05) is 19.5 Å². The van der Waals surface area contributed by atoms with Crippen LogP contribution < -0.4 is 9.62 Å². The van der Waals surface area contributed by atoms with Crippen LogP contribution in [0.3, 0.4) is 0 Å². The standard InChI is InChI=1S/C19H22N4O2S/c1-12-10-13(2)17(14(3)11-12)26(24,25)22-18-15-8-6-7-9-16(15)20-19(21-18)23(4)5/h6-11H,1-5H3,(H,20,21,22). The van der Waals surface area contributed by atoms with Gasteiger partial charge in [0.15, 0.2) is 5.82 Å². The second-order valence-corrected chi connectivity index (χ2v) is 8.24. The Morgan fingerprint density at radius 2 is 1.58 bits per heavy atom. The minimum absolute atomic E-state index is 0.277. The maximum Gasteiger partial charge on any atom is 0.263 e. The molecule has 0 aliphatic carbocycles. The maximum atomic E-state index is 13.1. The molecule has 0 radical (unpaired) electrons. The van der Waals surface area contributed by atoms with Crippen LogP contribution in [0.4, 0.5) is 11.8 Å². The maximum absolute atomic E-state index is 13.1. The van der Waals surface area contributed by atoms with E-state index in [1.807, 2.05) is 57.4 Å². The zero-order valence-corrected chi connectivity index (χ0v) is 16.3. The van der Waals surface area contributed by atoms with Crippen molar-refractivity contribution in [3.8, 4) is 0 Å². The van der Waals surface area contributed by atoms with Crippen molar-refractivity contribution in [2.24, 2.45) is 0 Å². The molecule has 0 spiro atoms. The fraction of sp³-hybridized carbons (Fsp3) is 0.263. The first-order valence-electron chi connectivity index (χ1n) is 8.24. The summed E-state index contributed by atoms with van der Waals surface area (Å²) in [5, 5.41) is 0.657. The van der Waals surface area contributed by atoms with Gasteiger partial charge in [-0.15, -0.1) is 0 Å². The number of benzene rings is 2. The predicted molar refractivity (Wildman–Crippen MR) is 105 cm³/mol. The van der Waals surface area contributed by atoms with Crippen molar-refractivity contribution < 1.29 is 8.42 Å². The lowest BCUT2D eigenvalue weighted by molar-refractivity contribution is 0.600. The van der Waals surface area contributed by atoms with Gasteiger partial charge >= 0.3 is 0 Å². The summed E-state index contributed by atoms with van der Waals surface area (Å²) in [6.07, 6.45) is 0. The molecule has 0 bridgehead atoms. The molecule has 1 aromatic heterocycles. The lowest BCUT2D eigenvalue weighted by Crippen LogP contribution is -2.19. The monoisotopic (exact) mass is 370 g/mol. The molecule has 6 nitrogen and oxygen atoms in total. The smallest absolute Gasteiger partial charge is 0.263 e. The van der Waals surface area contributed by atoms with E-state index in [-0.39, 0.29) is 10.7 Å². The van der Waals surface area contributed by atoms with Gasteiger partial charge in [-0.2, -0.15) is 4.98 Å². The van der Waals surface area contributed by atoms with Gasteiger partial charge in [-0.25, -0.2) is 13.4 Å². The summed E-state index contributed by atoms with van der Waals surface area (Å²) in [7, 11) is -0.152. The first-order valence-corrected chi connectivity index (χ1v) is 9.72. The summed E-state index contributed by atoms with van der Waals surface area (Å²) in [6, 6.07) is 11.1. The minimum Gasteiger partial charge on any atom is -0.347 e. The Hall–Kier alpha value is -2.67. The topological polar surface area (TPSA) is 75.2 Å². The van der Waals surface area contributed by atoms with Crippen molar-refractivity contribution in [1.29, 1.82) is 0 Å². The lowest BCUT2D eigenvalue weighted by atomic mass is 10.1. The van der Waals surface area contributed by atoms with Gasteiger partial charge in [-0.05, 0) is 44.0 Å². The molecular weight excluding hydrogens is 348 g/mol. The molecule has 0 saturated heterocycles. The minimum atomic E-state index is -3.78. The number of sulfonamides is 1. The Bertz CT molecular complexity index is 1070. The molecule has 0 aliphatic rings. The summed E-state index contributed by atoms with van der Waals surface area (Å²) in [5.41, 5.74) is 3.13. The van der Waals surface area contributed by atoms with Gasteiger partial charge < -0.3 is 4.90 Å². The normalized spacial score (nSPS) is 11.6. The van der Waals surface area contributed by atoms with Crippen molar-refractivity contribution >= 4 is 32.7 Å². The third kappa shape index (κ3) is 3.35. The van der Waals surface area contributed by atoms with Crippen LogP contribution in [0, 0.1) is 20.8 Å². The molecule has 0 unspecified atom stereocenters. The van der Waals surface area contributed by atoms with E-state index in [2.05, 4.69) is 14.7 Å². The molecule has 3 rings (SSSR count). The summed E-state index contributed by atoms with van der Waals surface area (Å²) in [6.45, 7) is 5.56. The first kappa shape index (κ1) is 18.1. The molecule has 1 N–H and O–H groups in total. The van der Waals surface area contributed by atoms with Gasteiger partial charge in [0.05, 0.1) is 10.4 Å². The number of anilines is 2. The summed E-state index contributed by atoms with van der Waals surface area (Å²) < 4.78 is 28.9. The Kier molecular flexibility index (Phi) is 4.58. The SMILES string of the molecule is Cc1cc(C)c(S(=O)(=O)Nc2nc(N(C)C)nc3ccccc23)c(C)c1.